The van der Waals surface area contributed by atoms with Crippen molar-refractivity contribution in [1.29, 1.82) is 0 Å². The zero-order valence-corrected chi connectivity index (χ0v) is 27.1. The third kappa shape index (κ3) is 7.45. The number of nitrogens with one attached hydrogen (secondary N) is 2. The Bertz CT molecular complexity index is 1740. The third-order valence-electron chi connectivity index (χ3n) is 8.50. The molecule has 3 aromatic heterocycles. The fourth-order valence-corrected chi connectivity index (χ4v) is 8.07. The second kappa shape index (κ2) is 14.1. The molecular weight excluding hydrogens is 617 g/mol. The van der Waals surface area contributed by atoms with Crippen molar-refractivity contribution in [1.82, 2.24) is 34.9 Å². The lowest BCUT2D eigenvalue weighted by molar-refractivity contribution is -0.129. The number of carbonyl (C=O) groups excluding carboxylic acids is 1. The van der Waals surface area contributed by atoms with Gasteiger partial charge >= 0.3 is 0 Å². The topological polar surface area (TPSA) is 157 Å². The quantitative estimate of drug-likeness (QED) is 0.118. The number of carbonyl (C=O) groups is 1. The SMILES string of the molecule is CS(=O)(=O)N1CCN(Cc2cc3nc(-c4cccc5n[nH]c(CCCCCCC(=O)NO)c45)nc(N4CCOCC4)c3s2)CC1. The van der Waals surface area contributed by atoms with Gasteiger partial charge in [0.05, 0.1) is 35.2 Å². The largest absolute Gasteiger partial charge is 0.378 e. The number of hydrogen-bond donors (Lipinski definition) is 3. The summed E-state index contributed by atoms with van der Waals surface area (Å²) in [5.41, 5.74) is 5.46. The van der Waals surface area contributed by atoms with Crippen LogP contribution in [0.15, 0.2) is 24.3 Å². The summed E-state index contributed by atoms with van der Waals surface area (Å²) >= 11 is 1.71. The van der Waals surface area contributed by atoms with Crippen LogP contribution in [0.3, 0.4) is 0 Å². The number of anilines is 1. The fourth-order valence-electron chi connectivity index (χ4n) is 6.09. The minimum atomic E-state index is -3.17. The Hall–Kier alpha value is -3.21. The molecule has 2 saturated heterocycles. The molecule has 242 valence electrons. The Morgan fingerprint density at radius 2 is 1.82 bits per heavy atom. The third-order valence-corrected chi connectivity index (χ3v) is 10.9. The molecule has 0 spiro atoms. The number of hydrogen-bond acceptors (Lipinski definition) is 11. The first kappa shape index (κ1) is 31.8. The molecule has 0 atom stereocenters. The number of H-pyrrole nitrogens is 1. The van der Waals surface area contributed by atoms with E-state index in [4.69, 9.17) is 19.9 Å². The van der Waals surface area contributed by atoms with Gasteiger partial charge in [-0.05, 0) is 31.4 Å². The van der Waals surface area contributed by atoms with Crippen molar-refractivity contribution in [3.05, 3.63) is 34.8 Å². The maximum Gasteiger partial charge on any atom is 0.243 e. The molecule has 0 radical (unpaired) electrons. The van der Waals surface area contributed by atoms with Gasteiger partial charge < -0.3 is 9.64 Å². The van der Waals surface area contributed by atoms with E-state index in [1.54, 1.807) is 21.1 Å². The molecule has 0 bridgehead atoms. The van der Waals surface area contributed by atoms with Crippen LogP contribution in [0.1, 0.15) is 42.7 Å². The zero-order valence-electron chi connectivity index (χ0n) is 25.5. The summed E-state index contributed by atoms with van der Waals surface area (Å²) < 4.78 is 32.2. The Kier molecular flexibility index (Phi) is 9.92. The summed E-state index contributed by atoms with van der Waals surface area (Å²) in [7, 11) is -3.17. The van der Waals surface area contributed by atoms with E-state index < -0.39 is 10.0 Å². The van der Waals surface area contributed by atoms with E-state index in [-0.39, 0.29) is 5.91 Å². The highest BCUT2D eigenvalue weighted by molar-refractivity contribution is 7.88. The molecule has 15 heteroatoms. The van der Waals surface area contributed by atoms with Gasteiger partial charge in [-0.25, -0.2) is 23.9 Å². The number of ether oxygens (including phenoxy) is 1. The first-order valence-corrected chi connectivity index (χ1v) is 18.2. The van der Waals surface area contributed by atoms with Crippen LogP contribution >= 0.6 is 11.3 Å². The van der Waals surface area contributed by atoms with Gasteiger partial charge in [-0.2, -0.15) is 9.40 Å². The molecule has 5 heterocycles. The molecule has 4 aromatic rings. The van der Waals surface area contributed by atoms with Crippen molar-refractivity contribution < 1.29 is 23.2 Å². The molecule has 0 saturated carbocycles. The second-order valence-corrected chi connectivity index (χ2v) is 14.8. The van der Waals surface area contributed by atoms with E-state index in [0.717, 1.165) is 89.9 Å². The van der Waals surface area contributed by atoms with Crippen LogP contribution in [0.4, 0.5) is 5.82 Å². The summed E-state index contributed by atoms with van der Waals surface area (Å²) in [6.07, 6.45) is 5.96. The molecule has 2 fully saturated rings. The van der Waals surface area contributed by atoms with Gasteiger partial charge in [-0.15, -0.1) is 11.3 Å². The van der Waals surface area contributed by atoms with E-state index in [9.17, 15) is 13.2 Å². The molecule has 45 heavy (non-hydrogen) atoms. The highest BCUT2D eigenvalue weighted by atomic mass is 32.2. The molecule has 2 aliphatic rings. The number of amides is 1. The van der Waals surface area contributed by atoms with Crippen LogP contribution in [-0.4, -0.2) is 108 Å². The van der Waals surface area contributed by atoms with Crippen molar-refractivity contribution >= 4 is 54.2 Å². The molecule has 0 unspecified atom stereocenters. The molecule has 13 nitrogen and oxygen atoms in total. The van der Waals surface area contributed by atoms with Crippen molar-refractivity contribution in [2.24, 2.45) is 0 Å². The summed E-state index contributed by atoms with van der Waals surface area (Å²) in [6.45, 7) is 5.94. The number of thiophene rings is 1. The van der Waals surface area contributed by atoms with Crippen LogP contribution in [-0.2, 0) is 32.5 Å². The summed E-state index contributed by atoms with van der Waals surface area (Å²) in [6, 6.07) is 8.21. The Balaban J connectivity index is 1.27. The molecule has 2 aliphatic heterocycles. The Morgan fingerprint density at radius 3 is 2.58 bits per heavy atom. The first-order chi connectivity index (χ1) is 21.8. The molecular formula is C30H40N8O5S2. The van der Waals surface area contributed by atoms with E-state index >= 15 is 0 Å². The lowest BCUT2D eigenvalue weighted by atomic mass is 10.0. The number of unbranched alkanes of at least 4 members (excludes halogenated alkanes) is 3. The van der Waals surface area contributed by atoms with Crippen LogP contribution < -0.4 is 10.4 Å². The molecule has 1 aromatic carbocycles. The zero-order chi connectivity index (χ0) is 31.4. The summed E-state index contributed by atoms with van der Waals surface area (Å²) in [4.78, 5) is 27.3. The Labute approximate surface area is 266 Å². The number of fused-ring (bicyclic) bond motifs is 2. The summed E-state index contributed by atoms with van der Waals surface area (Å²) in [5, 5.41) is 17.5. The number of aromatic amines is 1. The van der Waals surface area contributed by atoms with E-state index in [1.807, 2.05) is 12.1 Å². The molecule has 1 amide bonds. The minimum absolute atomic E-state index is 0.322. The second-order valence-electron chi connectivity index (χ2n) is 11.7. The van der Waals surface area contributed by atoms with Gasteiger partial charge in [0.1, 0.15) is 0 Å². The lowest BCUT2D eigenvalue weighted by Gasteiger charge is -2.32. The average Bonchev–Trinajstić information content (AvgIpc) is 3.66. The number of sulfonamides is 1. The predicted molar refractivity (Wildman–Crippen MR) is 174 cm³/mol. The van der Waals surface area contributed by atoms with Crippen molar-refractivity contribution in [3.8, 4) is 11.4 Å². The minimum Gasteiger partial charge on any atom is -0.378 e. The van der Waals surface area contributed by atoms with Crippen LogP contribution in [0.2, 0.25) is 0 Å². The molecule has 3 N–H and O–H groups in total. The van der Waals surface area contributed by atoms with Gasteiger partial charge in [-0.1, -0.05) is 25.0 Å². The van der Waals surface area contributed by atoms with Crippen molar-refractivity contribution in [2.45, 2.75) is 45.1 Å². The van der Waals surface area contributed by atoms with Crippen LogP contribution in [0.5, 0.6) is 0 Å². The van der Waals surface area contributed by atoms with E-state index in [2.05, 4.69) is 32.1 Å². The number of benzene rings is 1. The fraction of sp³-hybridized carbons (Fsp3) is 0.533. The van der Waals surface area contributed by atoms with E-state index in [1.165, 1.54) is 11.1 Å². The first-order valence-electron chi connectivity index (χ1n) is 15.5. The number of nitrogens with zero attached hydrogens (tertiary/aromatic N) is 6. The smallest absolute Gasteiger partial charge is 0.243 e. The number of piperazine rings is 1. The number of aromatic nitrogens is 4. The molecule has 0 aliphatic carbocycles. The lowest BCUT2D eigenvalue weighted by Crippen LogP contribution is -2.47. The highest BCUT2D eigenvalue weighted by Gasteiger charge is 2.25. The normalized spacial score (nSPS) is 17.0. The predicted octanol–water partition coefficient (Wildman–Crippen LogP) is 3.15. The number of morpholine rings is 1. The summed E-state index contributed by atoms with van der Waals surface area (Å²) in [5.74, 6) is 1.24. The maximum atomic E-state index is 12.0. The number of rotatable bonds is 12. The van der Waals surface area contributed by atoms with Crippen molar-refractivity contribution in [2.75, 3.05) is 63.6 Å². The monoisotopic (exact) mass is 656 g/mol. The highest BCUT2D eigenvalue weighted by Crippen LogP contribution is 2.37. The number of aryl methyl sites for hydroxylation is 1. The van der Waals surface area contributed by atoms with Crippen molar-refractivity contribution in [3.63, 3.8) is 0 Å². The standard InChI is InChI=1S/C30H40N8O5S2/c1-45(41,42)38-13-11-36(12-14-38)20-21-19-25-28(44-21)30(37-15-17-43-18-16-37)32-29(31-25)22-7-6-9-24-27(22)23(33-34-24)8-4-2-3-5-10-26(39)35-40/h6-7,9,19,40H,2-5,8,10-18,20H2,1H3,(H,33,34)(H,35,39). The van der Waals surface area contributed by atoms with Gasteiger partial charge in [0.15, 0.2) is 11.6 Å². The van der Waals surface area contributed by atoms with Gasteiger partial charge in [0.25, 0.3) is 0 Å². The van der Waals surface area contributed by atoms with Crippen LogP contribution in [0, 0.1) is 0 Å². The van der Waals surface area contributed by atoms with Crippen LogP contribution in [0.25, 0.3) is 32.5 Å². The van der Waals surface area contributed by atoms with Gasteiger partial charge in [-0.3, -0.25) is 20.0 Å². The van der Waals surface area contributed by atoms with Gasteiger partial charge in [0, 0.05) is 73.8 Å². The van der Waals surface area contributed by atoms with Gasteiger partial charge in [0.2, 0.25) is 15.9 Å². The Morgan fingerprint density at radius 1 is 1.04 bits per heavy atom. The maximum absolute atomic E-state index is 12.0. The van der Waals surface area contributed by atoms with E-state index in [0.29, 0.717) is 51.6 Å². The average molecular weight is 657 g/mol. The molecule has 6 rings (SSSR count). The number of hydroxylamine groups is 1.